The summed E-state index contributed by atoms with van der Waals surface area (Å²) in [5.74, 6) is -0.939. The van der Waals surface area contributed by atoms with Crippen molar-refractivity contribution in [2.75, 3.05) is 0 Å². The van der Waals surface area contributed by atoms with Gasteiger partial charge in [-0.05, 0) is 6.07 Å². The van der Waals surface area contributed by atoms with E-state index in [-0.39, 0.29) is 11.1 Å². The number of hydrogen-bond acceptors (Lipinski definition) is 4. The number of primary amides is 1. The van der Waals surface area contributed by atoms with Gasteiger partial charge in [-0.1, -0.05) is 0 Å². The number of rotatable bonds is 2. The Kier molecular flexibility index (Phi) is 3.04. The zero-order valence-electron chi connectivity index (χ0n) is 8.73. The fourth-order valence-electron chi connectivity index (χ4n) is 1.36. The molecule has 0 aliphatic heterocycles. The molecule has 0 aliphatic rings. The van der Waals surface area contributed by atoms with Gasteiger partial charge in [-0.15, -0.1) is 11.3 Å². The van der Waals surface area contributed by atoms with Crippen LogP contribution in [-0.4, -0.2) is 15.9 Å². The molecule has 2 aromatic heterocycles. The maximum atomic E-state index is 12.5. The summed E-state index contributed by atoms with van der Waals surface area (Å²) in [7, 11) is 0. The fourth-order valence-corrected chi connectivity index (χ4v) is 2.01. The van der Waals surface area contributed by atoms with E-state index in [0.717, 1.165) is 6.20 Å². The summed E-state index contributed by atoms with van der Waals surface area (Å²) >= 11 is 1.18. The number of aromatic nitrogens is 2. The first-order valence-electron chi connectivity index (χ1n) is 4.65. The summed E-state index contributed by atoms with van der Waals surface area (Å²) in [6.07, 6.45) is -2.20. The number of carbonyl (C=O) groups excluding carboxylic acids is 1. The molecule has 8 heteroatoms. The van der Waals surface area contributed by atoms with Crippen LogP contribution in [0.2, 0.25) is 0 Å². The molecule has 2 rings (SSSR count). The number of pyridine rings is 1. The van der Waals surface area contributed by atoms with Gasteiger partial charge in [-0.25, -0.2) is 0 Å². The lowest BCUT2D eigenvalue weighted by atomic mass is 10.1. The van der Waals surface area contributed by atoms with Crippen LogP contribution in [0, 0.1) is 0 Å². The van der Waals surface area contributed by atoms with E-state index in [2.05, 4.69) is 9.97 Å². The van der Waals surface area contributed by atoms with Gasteiger partial charge < -0.3 is 5.73 Å². The van der Waals surface area contributed by atoms with Crippen LogP contribution in [0.1, 0.15) is 16.1 Å². The molecule has 0 saturated carbocycles. The average molecular weight is 273 g/mol. The van der Waals surface area contributed by atoms with E-state index in [1.54, 1.807) is 0 Å². The van der Waals surface area contributed by atoms with Gasteiger partial charge in [0.1, 0.15) is 5.69 Å². The van der Waals surface area contributed by atoms with E-state index in [1.165, 1.54) is 23.0 Å². The van der Waals surface area contributed by atoms with Gasteiger partial charge in [-0.2, -0.15) is 13.2 Å². The van der Waals surface area contributed by atoms with Gasteiger partial charge in [0, 0.05) is 18.0 Å². The van der Waals surface area contributed by atoms with E-state index >= 15 is 0 Å². The molecule has 2 N–H and O–H groups in total. The molecule has 0 spiro atoms. The highest BCUT2D eigenvalue weighted by atomic mass is 32.1. The summed E-state index contributed by atoms with van der Waals surface area (Å²) < 4.78 is 37.4. The minimum atomic E-state index is -4.61. The Bertz CT molecular complexity index is 581. The molecule has 2 aromatic rings. The number of carbonyl (C=O) groups is 1. The number of nitrogens with zero attached hydrogens (tertiary/aromatic N) is 2. The molecule has 4 nitrogen and oxygen atoms in total. The molecule has 0 fully saturated rings. The molecule has 94 valence electrons. The highest BCUT2D eigenvalue weighted by Crippen LogP contribution is 2.32. The van der Waals surface area contributed by atoms with Crippen molar-refractivity contribution in [1.82, 2.24) is 9.97 Å². The Hall–Kier alpha value is -1.96. The summed E-state index contributed by atoms with van der Waals surface area (Å²) in [6, 6.07) is 0.650. The standard InChI is InChI=1S/C10H6F3N3OS/c11-10(12,13)8-1-5(9(14)17)6(2-16-8)7-3-15-4-18-7/h1-4H,(H2,14,17). The summed E-state index contributed by atoms with van der Waals surface area (Å²) in [5, 5.41) is 0. The zero-order valence-corrected chi connectivity index (χ0v) is 9.55. The topological polar surface area (TPSA) is 68.9 Å². The van der Waals surface area contributed by atoms with Crippen molar-refractivity contribution in [1.29, 1.82) is 0 Å². The first-order valence-corrected chi connectivity index (χ1v) is 5.53. The van der Waals surface area contributed by atoms with E-state index < -0.39 is 17.8 Å². The maximum absolute atomic E-state index is 12.5. The Morgan fingerprint density at radius 1 is 1.33 bits per heavy atom. The third kappa shape index (κ3) is 2.33. The van der Waals surface area contributed by atoms with E-state index in [4.69, 9.17) is 5.73 Å². The van der Waals surface area contributed by atoms with E-state index in [1.807, 2.05) is 0 Å². The fraction of sp³-hybridized carbons (Fsp3) is 0.100. The predicted octanol–water partition coefficient (Wildman–Crippen LogP) is 2.32. The highest BCUT2D eigenvalue weighted by molar-refractivity contribution is 7.13. The molecule has 0 unspecified atom stereocenters. The van der Waals surface area contributed by atoms with E-state index in [0.29, 0.717) is 10.9 Å². The van der Waals surface area contributed by atoms with Crippen LogP contribution >= 0.6 is 11.3 Å². The van der Waals surface area contributed by atoms with Crippen LogP contribution in [0.5, 0.6) is 0 Å². The summed E-state index contributed by atoms with van der Waals surface area (Å²) in [5.41, 5.74) is 5.46. The van der Waals surface area contributed by atoms with Crippen LogP contribution in [0.25, 0.3) is 10.4 Å². The van der Waals surface area contributed by atoms with Crippen molar-refractivity contribution in [3.8, 4) is 10.4 Å². The van der Waals surface area contributed by atoms with Crippen LogP contribution < -0.4 is 5.73 Å². The van der Waals surface area contributed by atoms with Gasteiger partial charge in [0.05, 0.1) is 16.0 Å². The minimum absolute atomic E-state index is 0.221. The number of halogens is 3. The van der Waals surface area contributed by atoms with Crippen molar-refractivity contribution in [3.05, 3.63) is 35.2 Å². The van der Waals surface area contributed by atoms with Crippen molar-refractivity contribution < 1.29 is 18.0 Å². The zero-order chi connectivity index (χ0) is 13.3. The van der Waals surface area contributed by atoms with Crippen molar-refractivity contribution in [3.63, 3.8) is 0 Å². The van der Waals surface area contributed by atoms with Crippen molar-refractivity contribution in [2.45, 2.75) is 6.18 Å². The Balaban J connectivity index is 2.59. The molecule has 0 aliphatic carbocycles. The normalized spacial score (nSPS) is 11.5. The third-order valence-corrected chi connectivity index (χ3v) is 2.96. The quantitative estimate of drug-likeness (QED) is 0.913. The first kappa shape index (κ1) is 12.5. The molecule has 0 radical (unpaired) electrons. The lowest BCUT2D eigenvalue weighted by molar-refractivity contribution is -0.141. The molecule has 2 heterocycles. The van der Waals surface area contributed by atoms with Gasteiger partial charge in [-0.3, -0.25) is 14.8 Å². The molecule has 0 saturated heterocycles. The minimum Gasteiger partial charge on any atom is -0.366 e. The third-order valence-electron chi connectivity index (χ3n) is 2.16. The Morgan fingerprint density at radius 2 is 2.06 bits per heavy atom. The highest BCUT2D eigenvalue weighted by Gasteiger charge is 2.33. The van der Waals surface area contributed by atoms with E-state index in [9.17, 15) is 18.0 Å². The van der Waals surface area contributed by atoms with Crippen molar-refractivity contribution in [2.24, 2.45) is 5.73 Å². The summed E-state index contributed by atoms with van der Waals surface area (Å²) in [6.45, 7) is 0. The predicted molar refractivity (Wildman–Crippen MR) is 58.9 cm³/mol. The SMILES string of the molecule is NC(=O)c1cc(C(F)(F)F)ncc1-c1cncs1. The second-order valence-electron chi connectivity index (χ2n) is 3.34. The summed E-state index contributed by atoms with van der Waals surface area (Å²) in [4.78, 5) is 18.8. The first-order chi connectivity index (χ1) is 8.39. The molecule has 0 bridgehead atoms. The average Bonchev–Trinajstić information content (AvgIpc) is 2.80. The number of amides is 1. The van der Waals surface area contributed by atoms with Crippen molar-refractivity contribution >= 4 is 17.2 Å². The lowest BCUT2D eigenvalue weighted by Gasteiger charge is -2.09. The van der Waals surface area contributed by atoms with Gasteiger partial charge in [0.25, 0.3) is 0 Å². The van der Waals surface area contributed by atoms with Crippen LogP contribution in [0.3, 0.4) is 0 Å². The molecule has 0 atom stereocenters. The van der Waals surface area contributed by atoms with Gasteiger partial charge >= 0.3 is 6.18 Å². The molecular weight excluding hydrogens is 267 g/mol. The second kappa shape index (κ2) is 4.37. The number of nitrogens with two attached hydrogens (primary N) is 1. The number of hydrogen-bond donors (Lipinski definition) is 1. The molecule has 18 heavy (non-hydrogen) atoms. The van der Waals surface area contributed by atoms with Crippen LogP contribution in [0.15, 0.2) is 24.0 Å². The lowest BCUT2D eigenvalue weighted by Crippen LogP contribution is -2.16. The van der Waals surface area contributed by atoms with Crippen LogP contribution in [-0.2, 0) is 6.18 Å². The molecular formula is C10H6F3N3OS. The van der Waals surface area contributed by atoms with Crippen LogP contribution in [0.4, 0.5) is 13.2 Å². The van der Waals surface area contributed by atoms with Gasteiger partial charge in [0.2, 0.25) is 5.91 Å². The second-order valence-corrected chi connectivity index (χ2v) is 4.23. The Labute approximate surface area is 103 Å². The molecule has 1 amide bonds. The molecule has 0 aromatic carbocycles. The number of alkyl halides is 3. The Morgan fingerprint density at radius 3 is 2.56 bits per heavy atom. The maximum Gasteiger partial charge on any atom is 0.433 e. The monoisotopic (exact) mass is 273 g/mol. The smallest absolute Gasteiger partial charge is 0.366 e. The number of thiazole rings is 1. The largest absolute Gasteiger partial charge is 0.433 e. The van der Waals surface area contributed by atoms with Gasteiger partial charge in [0.15, 0.2) is 0 Å².